The number of H-pyrrole nitrogens is 1. The maximum atomic E-state index is 13.5. The summed E-state index contributed by atoms with van der Waals surface area (Å²) in [6.45, 7) is 2.50. The number of phenolic OH excluding ortho intramolecular Hbond substituents is 2. The fourth-order valence-corrected chi connectivity index (χ4v) is 4.44. The van der Waals surface area contributed by atoms with E-state index in [0.29, 0.717) is 46.4 Å². The van der Waals surface area contributed by atoms with E-state index < -0.39 is 6.04 Å². The molecule has 0 aliphatic carbocycles. The molecule has 0 fully saturated rings. The van der Waals surface area contributed by atoms with E-state index in [1.165, 1.54) is 6.07 Å². The predicted octanol–water partition coefficient (Wildman–Crippen LogP) is 4.68. The van der Waals surface area contributed by atoms with Crippen molar-refractivity contribution in [1.29, 1.82) is 0 Å². The Morgan fingerprint density at radius 2 is 1.97 bits per heavy atom. The van der Waals surface area contributed by atoms with Gasteiger partial charge in [0.1, 0.15) is 17.1 Å². The van der Waals surface area contributed by atoms with Gasteiger partial charge >= 0.3 is 0 Å². The normalized spacial score (nSPS) is 14.9. The Kier molecular flexibility index (Phi) is 5.59. The topological polar surface area (TPSA) is 112 Å². The van der Waals surface area contributed by atoms with Gasteiger partial charge in [-0.2, -0.15) is 5.10 Å². The fraction of sp³-hybridized carbons (Fsp3) is 0.160. The molecule has 8 nitrogen and oxygen atoms in total. The van der Waals surface area contributed by atoms with Crippen LogP contribution in [-0.4, -0.2) is 42.8 Å². The summed E-state index contributed by atoms with van der Waals surface area (Å²) in [6, 6.07) is 12.8. The Labute approximate surface area is 200 Å². The molecular formula is C25H21ClN4O4. The number of ether oxygens (including phenoxy) is 1. The van der Waals surface area contributed by atoms with Crippen molar-refractivity contribution in [3.05, 3.63) is 88.3 Å². The number of nitrogens with one attached hydrogen (secondary N) is 1. The Morgan fingerprint density at radius 3 is 2.74 bits per heavy atom. The standard InChI is InChI=1S/C25H21ClN4O4/c1-2-34-20-10-15(5-7-19(20)32)24-21-22(17-11-16(26)6-8-18(17)31)28-29-23(21)25(33)30(24)13-14-4-3-9-27-12-14/h3-12,24,31-32H,2,13H2,1H3,(H,28,29). The molecule has 1 atom stereocenters. The van der Waals surface area contributed by atoms with Crippen LogP contribution >= 0.6 is 11.6 Å². The molecule has 1 amide bonds. The number of amides is 1. The van der Waals surface area contributed by atoms with E-state index in [2.05, 4.69) is 15.2 Å². The van der Waals surface area contributed by atoms with Gasteiger partial charge in [-0.05, 0) is 54.4 Å². The van der Waals surface area contributed by atoms with Crippen LogP contribution < -0.4 is 4.74 Å². The fourth-order valence-electron chi connectivity index (χ4n) is 4.27. The number of pyridine rings is 1. The minimum Gasteiger partial charge on any atom is -0.507 e. The zero-order valence-corrected chi connectivity index (χ0v) is 19.0. The number of halogens is 1. The number of carbonyl (C=O) groups excluding carboxylic acids is 1. The van der Waals surface area contributed by atoms with Crippen molar-refractivity contribution < 1.29 is 19.7 Å². The first kappa shape index (κ1) is 21.8. The Morgan fingerprint density at radius 1 is 1.15 bits per heavy atom. The van der Waals surface area contributed by atoms with Crippen molar-refractivity contribution in [3.8, 4) is 28.5 Å². The van der Waals surface area contributed by atoms with Gasteiger partial charge in [0.15, 0.2) is 11.5 Å². The van der Waals surface area contributed by atoms with Crippen molar-refractivity contribution in [1.82, 2.24) is 20.1 Å². The third kappa shape index (κ3) is 3.72. The van der Waals surface area contributed by atoms with E-state index in [4.69, 9.17) is 16.3 Å². The van der Waals surface area contributed by atoms with Gasteiger partial charge in [0.05, 0.1) is 12.6 Å². The summed E-state index contributed by atoms with van der Waals surface area (Å²) < 4.78 is 5.59. The molecule has 34 heavy (non-hydrogen) atoms. The molecule has 5 rings (SSSR count). The van der Waals surface area contributed by atoms with E-state index in [0.717, 1.165) is 11.1 Å². The van der Waals surface area contributed by atoms with Crippen LogP contribution in [0.4, 0.5) is 0 Å². The van der Waals surface area contributed by atoms with Crippen LogP contribution in [0.1, 0.15) is 40.1 Å². The molecule has 2 aromatic heterocycles. The highest BCUT2D eigenvalue weighted by atomic mass is 35.5. The van der Waals surface area contributed by atoms with Crippen molar-refractivity contribution in [2.45, 2.75) is 19.5 Å². The second-order valence-electron chi connectivity index (χ2n) is 7.88. The van der Waals surface area contributed by atoms with Crippen molar-refractivity contribution >= 4 is 17.5 Å². The minimum absolute atomic E-state index is 0.00341. The zero-order valence-electron chi connectivity index (χ0n) is 18.2. The average Bonchev–Trinajstić information content (AvgIpc) is 3.37. The Balaban J connectivity index is 1.69. The smallest absolute Gasteiger partial charge is 0.273 e. The van der Waals surface area contributed by atoms with Crippen LogP contribution in [0.15, 0.2) is 60.9 Å². The van der Waals surface area contributed by atoms with Gasteiger partial charge in [0.25, 0.3) is 5.91 Å². The van der Waals surface area contributed by atoms with Gasteiger partial charge in [-0.1, -0.05) is 23.7 Å². The summed E-state index contributed by atoms with van der Waals surface area (Å²) >= 11 is 6.20. The number of aromatic nitrogens is 3. The van der Waals surface area contributed by atoms with Crippen LogP contribution in [0.5, 0.6) is 17.2 Å². The number of benzene rings is 2. The molecule has 1 unspecified atom stereocenters. The second-order valence-corrected chi connectivity index (χ2v) is 8.32. The van der Waals surface area contributed by atoms with E-state index in [9.17, 15) is 15.0 Å². The van der Waals surface area contributed by atoms with E-state index in [-0.39, 0.29) is 17.4 Å². The number of carbonyl (C=O) groups is 1. The summed E-state index contributed by atoms with van der Waals surface area (Å²) in [7, 11) is 0. The van der Waals surface area contributed by atoms with Crippen LogP contribution in [0.25, 0.3) is 11.3 Å². The first-order chi connectivity index (χ1) is 16.5. The summed E-state index contributed by atoms with van der Waals surface area (Å²) in [5.41, 5.74) is 3.35. The highest BCUT2D eigenvalue weighted by Crippen LogP contribution is 2.46. The third-order valence-electron chi connectivity index (χ3n) is 5.75. The van der Waals surface area contributed by atoms with E-state index in [1.807, 2.05) is 19.1 Å². The molecule has 3 heterocycles. The lowest BCUT2D eigenvalue weighted by molar-refractivity contribution is 0.0729. The van der Waals surface area contributed by atoms with Crippen LogP contribution in [0.3, 0.4) is 0 Å². The van der Waals surface area contributed by atoms with E-state index >= 15 is 0 Å². The molecule has 0 radical (unpaired) electrons. The maximum absolute atomic E-state index is 13.5. The molecule has 0 spiro atoms. The number of nitrogens with zero attached hydrogens (tertiary/aromatic N) is 3. The summed E-state index contributed by atoms with van der Waals surface area (Å²) in [5.74, 6) is 0.0817. The lowest BCUT2D eigenvalue weighted by atomic mass is 9.95. The molecule has 2 aromatic carbocycles. The maximum Gasteiger partial charge on any atom is 0.273 e. The molecule has 172 valence electrons. The van der Waals surface area contributed by atoms with Gasteiger partial charge in [-0.3, -0.25) is 14.9 Å². The highest BCUT2D eigenvalue weighted by molar-refractivity contribution is 6.31. The van der Waals surface area contributed by atoms with Gasteiger partial charge in [0, 0.05) is 35.1 Å². The lowest BCUT2D eigenvalue weighted by Gasteiger charge is -2.27. The van der Waals surface area contributed by atoms with Crippen molar-refractivity contribution in [2.75, 3.05) is 6.61 Å². The first-order valence-corrected chi connectivity index (χ1v) is 11.1. The molecule has 0 bridgehead atoms. The third-order valence-corrected chi connectivity index (χ3v) is 5.99. The number of aromatic hydroxyl groups is 2. The predicted molar refractivity (Wildman–Crippen MR) is 126 cm³/mol. The molecule has 1 aliphatic rings. The quantitative estimate of drug-likeness (QED) is 0.372. The second kappa shape index (κ2) is 8.72. The Bertz CT molecular complexity index is 1370. The van der Waals surface area contributed by atoms with Gasteiger partial charge < -0.3 is 19.8 Å². The van der Waals surface area contributed by atoms with Crippen LogP contribution in [0, 0.1) is 0 Å². The molecule has 3 N–H and O–H groups in total. The van der Waals surface area contributed by atoms with Crippen LogP contribution in [-0.2, 0) is 6.54 Å². The number of fused-ring (bicyclic) bond motifs is 1. The average molecular weight is 477 g/mol. The Hall–Kier alpha value is -4.04. The van der Waals surface area contributed by atoms with Crippen LogP contribution in [0.2, 0.25) is 5.02 Å². The molecule has 0 saturated heterocycles. The van der Waals surface area contributed by atoms with Crippen molar-refractivity contribution in [2.24, 2.45) is 0 Å². The first-order valence-electron chi connectivity index (χ1n) is 10.7. The van der Waals surface area contributed by atoms with Gasteiger partial charge in [-0.15, -0.1) is 0 Å². The molecule has 0 saturated carbocycles. The number of phenols is 2. The number of rotatable bonds is 6. The number of hydrogen-bond acceptors (Lipinski definition) is 6. The summed E-state index contributed by atoms with van der Waals surface area (Å²) in [4.78, 5) is 19.4. The molecular weight excluding hydrogens is 456 g/mol. The SMILES string of the molecule is CCOc1cc(C2c3c(-c4cc(Cl)ccc4O)n[nH]c3C(=O)N2Cc2cccnc2)ccc1O. The molecule has 4 aromatic rings. The highest BCUT2D eigenvalue weighted by Gasteiger charge is 2.42. The summed E-state index contributed by atoms with van der Waals surface area (Å²) in [5, 5.41) is 28.4. The van der Waals surface area contributed by atoms with Gasteiger partial charge in [0.2, 0.25) is 0 Å². The van der Waals surface area contributed by atoms with Crippen molar-refractivity contribution in [3.63, 3.8) is 0 Å². The lowest BCUT2D eigenvalue weighted by Crippen LogP contribution is -2.29. The summed E-state index contributed by atoms with van der Waals surface area (Å²) in [6.07, 6.45) is 3.38. The zero-order chi connectivity index (χ0) is 23.8. The number of aromatic amines is 1. The largest absolute Gasteiger partial charge is 0.507 e. The monoisotopic (exact) mass is 476 g/mol. The minimum atomic E-state index is -0.561. The van der Waals surface area contributed by atoms with E-state index in [1.54, 1.807) is 47.6 Å². The molecule has 1 aliphatic heterocycles. The van der Waals surface area contributed by atoms with Gasteiger partial charge in [-0.25, -0.2) is 0 Å². The molecule has 9 heteroatoms. The number of hydrogen-bond donors (Lipinski definition) is 3.